The molecule has 5 saturated carbocycles. The molecular formula is C27H44O. The second-order valence-electron chi connectivity index (χ2n) is 12.9. The molecule has 5 aliphatic rings. The monoisotopic (exact) mass is 384 g/mol. The number of carbonyl (C=O) groups is 1. The molecule has 1 heteroatoms. The van der Waals surface area contributed by atoms with E-state index in [1.54, 1.807) is 0 Å². The van der Waals surface area contributed by atoms with Gasteiger partial charge in [-0.2, -0.15) is 0 Å². The van der Waals surface area contributed by atoms with Gasteiger partial charge in [-0.25, -0.2) is 0 Å². The van der Waals surface area contributed by atoms with Crippen LogP contribution in [0.15, 0.2) is 0 Å². The summed E-state index contributed by atoms with van der Waals surface area (Å²) in [6.45, 7) is 12.6. The Morgan fingerprint density at radius 1 is 0.964 bits per heavy atom. The normalized spacial score (nSPS) is 52.8. The van der Waals surface area contributed by atoms with Crippen LogP contribution in [0.3, 0.4) is 0 Å². The largest absolute Gasteiger partial charge is 0.300 e. The highest BCUT2D eigenvalue weighted by Gasteiger charge is 2.79. The van der Waals surface area contributed by atoms with E-state index in [1.807, 2.05) is 0 Å². The van der Waals surface area contributed by atoms with Crippen molar-refractivity contribution >= 4 is 5.78 Å². The van der Waals surface area contributed by atoms with E-state index >= 15 is 0 Å². The molecule has 0 radical (unpaired) electrons. The van der Waals surface area contributed by atoms with Crippen LogP contribution in [0, 0.1) is 57.7 Å². The SMILES string of the molecule is CC(C)CCCC(C)C1CCC2C3C(CCC12C)C1(C)CCC(=O)CC12CC32. The first-order valence-corrected chi connectivity index (χ1v) is 12.7. The van der Waals surface area contributed by atoms with Crippen LogP contribution < -0.4 is 0 Å². The summed E-state index contributed by atoms with van der Waals surface area (Å²) < 4.78 is 0. The average molecular weight is 385 g/mol. The Morgan fingerprint density at radius 3 is 2.50 bits per heavy atom. The molecule has 0 aromatic heterocycles. The van der Waals surface area contributed by atoms with Crippen LogP contribution in [-0.4, -0.2) is 5.78 Å². The van der Waals surface area contributed by atoms with Crippen molar-refractivity contribution in [2.24, 2.45) is 57.7 Å². The summed E-state index contributed by atoms with van der Waals surface area (Å²) in [7, 11) is 0. The summed E-state index contributed by atoms with van der Waals surface area (Å²) in [5.41, 5.74) is 1.54. The Labute approximate surface area is 173 Å². The van der Waals surface area contributed by atoms with Crippen LogP contribution in [0.4, 0.5) is 0 Å². The van der Waals surface area contributed by atoms with Crippen molar-refractivity contribution in [3.63, 3.8) is 0 Å². The number of fused-ring (bicyclic) bond motifs is 5. The summed E-state index contributed by atoms with van der Waals surface area (Å²) in [5, 5.41) is 0. The van der Waals surface area contributed by atoms with Crippen molar-refractivity contribution in [3.8, 4) is 0 Å². The average Bonchev–Trinajstić information content (AvgIpc) is 3.15. The summed E-state index contributed by atoms with van der Waals surface area (Å²) in [5.74, 6) is 7.07. The smallest absolute Gasteiger partial charge is 0.133 e. The molecule has 9 atom stereocenters. The lowest BCUT2D eigenvalue weighted by Gasteiger charge is -2.53. The molecule has 0 aromatic rings. The van der Waals surface area contributed by atoms with Gasteiger partial charge in [-0.05, 0) is 96.2 Å². The molecule has 0 bridgehead atoms. The molecule has 1 nitrogen and oxygen atoms in total. The van der Waals surface area contributed by atoms with E-state index in [4.69, 9.17) is 0 Å². The van der Waals surface area contributed by atoms with E-state index in [-0.39, 0.29) is 0 Å². The predicted molar refractivity (Wildman–Crippen MR) is 116 cm³/mol. The maximum absolute atomic E-state index is 12.4. The lowest BCUT2D eigenvalue weighted by molar-refractivity contribution is -0.127. The van der Waals surface area contributed by atoms with E-state index in [1.165, 1.54) is 57.8 Å². The lowest BCUT2D eigenvalue weighted by atomic mass is 9.51. The standard InChI is InChI=1S/C27H44O/c1-17(2)7-6-8-18(3)20-9-10-21-24-22(12-13-25(20,21)4)26(5)14-11-19(28)15-27(26)16-23(24)27/h17-18,20-24H,6-16H2,1-5H3. The fourth-order valence-corrected chi connectivity index (χ4v) is 10.1. The molecule has 0 saturated heterocycles. The van der Waals surface area contributed by atoms with Gasteiger partial charge in [0.05, 0.1) is 0 Å². The zero-order valence-corrected chi connectivity index (χ0v) is 19.2. The third-order valence-electron chi connectivity index (χ3n) is 11.5. The first-order chi connectivity index (χ1) is 13.2. The Morgan fingerprint density at radius 2 is 1.75 bits per heavy atom. The third kappa shape index (κ3) is 2.46. The number of carbonyl (C=O) groups excluding carboxylic acids is 1. The molecule has 0 aliphatic heterocycles. The molecule has 1 spiro atoms. The molecular weight excluding hydrogens is 340 g/mol. The van der Waals surface area contributed by atoms with E-state index in [2.05, 4.69) is 34.6 Å². The minimum atomic E-state index is 0.448. The quantitative estimate of drug-likeness (QED) is 0.486. The molecule has 0 aromatic carbocycles. The fourth-order valence-electron chi connectivity index (χ4n) is 10.1. The summed E-state index contributed by atoms with van der Waals surface area (Å²) in [6, 6.07) is 0. The van der Waals surface area contributed by atoms with Gasteiger partial charge in [-0.1, -0.05) is 53.9 Å². The molecule has 158 valence electrons. The van der Waals surface area contributed by atoms with Gasteiger partial charge in [0.15, 0.2) is 0 Å². The van der Waals surface area contributed by atoms with Crippen molar-refractivity contribution in [1.82, 2.24) is 0 Å². The topological polar surface area (TPSA) is 17.1 Å². The van der Waals surface area contributed by atoms with Crippen molar-refractivity contribution in [3.05, 3.63) is 0 Å². The van der Waals surface area contributed by atoms with Gasteiger partial charge in [0.25, 0.3) is 0 Å². The van der Waals surface area contributed by atoms with Crippen LogP contribution in [0.25, 0.3) is 0 Å². The minimum absolute atomic E-state index is 0.448. The van der Waals surface area contributed by atoms with Crippen LogP contribution in [-0.2, 0) is 4.79 Å². The second-order valence-corrected chi connectivity index (χ2v) is 12.9. The molecule has 0 heterocycles. The van der Waals surface area contributed by atoms with Crippen molar-refractivity contribution in [2.45, 2.75) is 105 Å². The fraction of sp³-hybridized carbons (Fsp3) is 0.963. The van der Waals surface area contributed by atoms with Crippen LogP contribution in [0.2, 0.25) is 0 Å². The van der Waals surface area contributed by atoms with Gasteiger partial charge in [-0.15, -0.1) is 0 Å². The molecule has 5 aliphatic carbocycles. The predicted octanol–water partition coefficient (Wildman–Crippen LogP) is 7.29. The highest BCUT2D eigenvalue weighted by Crippen LogP contribution is 2.85. The van der Waals surface area contributed by atoms with Gasteiger partial charge in [-0.3, -0.25) is 4.79 Å². The summed E-state index contributed by atoms with van der Waals surface area (Å²) in [4.78, 5) is 12.4. The Kier molecular flexibility index (Phi) is 4.44. The number of hydrogen-bond acceptors (Lipinski definition) is 1. The lowest BCUT2D eigenvalue weighted by Crippen LogP contribution is -2.47. The highest BCUT2D eigenvalue weighted by molar-refractivity contribution is 5.81. The van der Waals surface area contributed by atoms with Gasteiger partial charge in [0.1, 0.15) is 5.78 Å². The van der Waals surface area contributed by atoms with Crippen LogP contribution in [0.1, 0.15) is 105 Å². The Balaban J connectivity index is 1.35. The molecule has 28 heavy (non-hydrogen) atoms. The second kappa shape index (κ2) is 6.34. The maximum Gasteiger partial charge on any atom is 0.133 e. The minimum Gasteiger partial charge on any atom is -0.300 e. The van der Waals surface area contributed by atoms with Gasteiger partial charge < -0.3 is 0 Å². The Hall–Kier alpha value is -0.330. The molecule has 9 unspecified atom stereocenters. The molecule has 0 N–H and O–H groups in total. The number of ketones is 1. The van der Waals surface area contributed by atoms with Crippen molar-refractivity contribution < 1.29 is 4.79 Å². The van der Waals surface area contributed by atoms with Crippen LogP contribution in [0.5, 0.6) is 0 Å². The number of rotatable bonds is 5. The van der Waals surface area contributed by atoms with E-state index in [9.17, 15) is 4.79 Å². The Bertz CT molecular complexity index is 651. The summed E-state index contributed by atoms with van der Waals surface area (Å²) in [6.07, 6.45) is 14.6. The zero-order valence-electron chi connectivity index (χ0n) is 19.2. The van der Waals surface area contributed by atoms with Gasteiger partial charge in [0.2, 0.25) is 0 Å². The van der Waals surface area contributed by atoms with Crippen molar-refractivity contribution in [2.75, 3.05) is 0 Å². The van der Waals surface area contributed by atoms with E-state index < -0.39 is 0 Å². The summed E-state index contributed by atoms with van der Waals surface area (Å²) >= 11 is 0. The zero-order chi connectivity index (χ0) is 19.9. The highest BCUT2D eigenvalue weighted by atomic mass is 16.1. The first kappa shape index (κ1) is 19.6. The third-order valence-corrected chi connectivity index (χ3v) is 11.5. The molecule has 5 rings (SSSR count). The first-order valence-electron chi connectivity index (χ1n) is 12.7. The maximum atomic E-state index is 12.4. The van der Waals surface area contributed by atoms with Gasteiger partial charge in [0, 0.05) is 12.8 Å². The van der Waals surface area contributed by atoms with Crippen LogP contribution >= 0.6 is 0 Å². The van der Waals surface area contributed by atoms with E-state index in [0.29, 0.717) is 22.0 Å². The van der Waals surface area contributed by atoms with E-state index in [0.717, 1.165) is 54.3 Å². The number of Topliss-reactive ketones (excluding diaryl/α,β-unsaturated/α-hetero) is 1. The molecule has 5 fully saturated rings. The molecule has 0 amide bonds. The number of hydrogen-bond donors (Lipinski definition) is 0. The van der Waals surface area contributed by atoms with Crippen molar-refractivity contribution in [1.29, 1.82) is 0 Å². The van der Waals surface area contributed by atoms with Gasteiger partial charge >= 0.3 is 0 Å².